The molecule has 3 N–H and O–H groups in total. The summed E-state index contributed by atoms with van der Waals surface area (Å²) >= 11 is 0. The average molecular weight is 714 g/mol. The lowest BCUT2D eigenvalue weighted by Gasteiger charge is -2.20. The second-order valence-corrected chi connectivity index (χ2v) is 11.3. The zero-order chi connectivity index (χ0) is 38.9. The van der Waals surface area contributed by atoms with Crippen molar-refractivity contribution in [2.45, 2.75) is 80.2 Å². The third kappa shape index (κ3) is 15.2. The number of rotatable bonds is 16. The number of anilines is 2. The molecule has 0 bridgehead atoms. The Hall–Kier alpha value is -5.39. The molecule has 282 valence electrons. The number of guanidine groups is 1. The van der Waals surface area contributed by atoms with Crippen molar-refractivity contribution >= 4 is 47.5 Å². The lowest BCUT2D eigenvalue weighted by molar-refractivity contribution is -0.125. The van der Waals surface area contributed by atoms with Gasteiger partial charge in [-0.05, 0) is 63.5 Å². The minimum absolute atomic E-state index is 0.0520. The fraction of sp³-hybridized carbons (Fsp3) is 0.425. The van der Waals surface area contributed by atoms with Gasteiger partial charge in [-0.25, -0.2) is 9.98 Å². The Bertz CT molecular complexity index is 1580. The molecule has 12 heteroatoms. The molecule has 0 fully saturated rings. The predicted molar refractivity (Wildman–Crippen MR) is 217 cm³/mol. The molecule has 3 rings (SSSR count). The quantitative estimate of drug-likeness (QED) is 0.0455. The van der Waals surface area contributed by atoms with Crippen LogP contribution in [0.3, 0.4) is 0 Å². The van der Waals surface area contributed by atoms with E-state index < -0.39 is 6.04 Å². The van der Waals surface area contributed by atoms with E-state index in [1.54, 1.807) is 31.4 Å². The number of aryl methyl sites for hydroxylation is 1. The summed E-state index contributed by atoms with van der Waals surface area (Å²) in [5, 5.41) is 9.46. The number of carbonyl (C=O) groups is 3. The van der Waals surface area contributed by atoms with Gasteiger partial charge >= 0.3 is 0 Å². The van der Waals surface area contributed by atoms with Crippen LogP contribution in [-0.4, -0.2) is 85.9 Å². The van der Waals surface area contributed by atoms with Gasteiger partial charge in [0, 0.05) is 62.5 Å². The van der Waals surface area contributed by atoms with E-state index in [-0.39, 0.29) is 31.4 Å². The second kappa shape index (κ2) is 25.5. The highest BCUT2D eigenvalue weighted by Crippen LogP contribution is 2.27. The van der Waals surface area contributed by atoms with Gasteiger partial charge in [-0.1, -0.05) is 58.0 Å². The molecule has 1 aliphatic rings. The molecule has 12 nitrogen and oxygen atoms in total. The lowest BCUT2D eigenvalue weighted by atomic mass is 10.0. The third-order valence-electron chi connectivity index (χ3n) is 7.52. The topological polar surface area (TPSA) is 144 Å². The molecule has 0 aliphatic carbocycles. The summed E-state index contributed by atoms with van der Waals surface area (Å²) in [6.07, 6.45) is 11.8. The van der Waals surface area contributed by atoms with Crippen molar-refractivity contribution in [3.63, 3.8) is 0 Å². The van der Waals surface area contributed by atoms with Crippen molar-refractivity contribution in [3.8, 4) is 0 Å². The highest BCUT2D eigenvalue weighted by Gasteiger charge is 2.30. The summed E-state index contributed by atoms with van der Waals surface area (Å²) in [5.74, 6) is -0.120. The van der Waals surface area contributed by atoms with E-state index in [0.29, 0.717) is 31.8 Å². The highest BCUT2D eigenvalue weighted by molar-refractivity contribution is 6.13. The number of benzodiazepines with no additional fused rings is 1. The SMILES string of the molecule is C=CCCC1=N[C@@H](CC(=O)NC/C=C(NCCC=NC(=NCN(C)C=O)Nc2ccc(C)nc2)\C(C)=C/C)C(=O)N(C)c2ccccc21.CC.CC. The van der Waals surface area contributed by atoms with Gasteiger partial charge in [0.15, 0.2) is 0 Å². The van der Waals surface area contributed by atoms with Gasteiger partial charge in [-0.15, -0.1) is 6.58 Å². The number of hydrogen-bond donors (Lipinski definition) is 3. The maximum atomic E-state index is 13.3. The zero-order valence-corrected chi connectivity index (χ0v) is 32.6. The molecule has 2 heterocycles. The summed E-state index contributed by atoms with van der Waals surface area (Å²) < 4.78 is 0. The Morgan fingerprint density at radius 1 is 1.10 bits per heavy atom. The number of carbonyl (C=O) groups excluding carboxylic acids is 3. The Morgan fingerprint density at radius 2 is 1.83 bits per heavy atom. The van der Waals surface area contributed by atoms with Crippen molar-refractivity contribution in [2.75, 3.05) is 44.1 Å². The van der Waals surface area contributed by atoms with Crippen LogP contribution in [0.15, 0.2) is 93.6 Å². The molecule has 0 unspecified atom stereocenters. The fourth-order valence-electron chi connectivity index (χ4n) is 4.70. The number of pyridine rings is 1. The zero-order valence-electron chi connectivity index (χ0n) is 32.6. The van der Waals surface area contributed by atoms with Crippen LogP contribution < -0.4 is 20.9 Å². The maximum absolute atomic E-state index is 13.3. The summed E-state index contributed by atoms with van der Waals surface area (Å²) in [5.41, 5.74) is 6.01. The first-order valence-corrected chi connectivity index (χ1v) is 18.0. The van der Waals surface area contributed by atoms with Gasteiger partial charge in [0.25, 0.3) is 5.91 Å². The number of fused-ring (bicyclic) bond motifs is 1. The molecule has 0 spiro atoms. The molecule has 3 amide bonds. The molecule has 0 saturated carbocycles. The number of allylic oxidation sites excluding steroid dienone is 3. The molecule has 1 aliphatic heterocycles. The van der Waals surface area contributed by atoms with E-state index in [4.69, 9.17) is 4.99 Å². The van der Waals surface area contributed by atoms with Crippen LogP contribution in [0.25, 0.3) is 0 Å². The number of aliphatic imine (C=N–C) groups is 3. The monoisotopic (exact) mass is 713 g/mol. The molecule has 0 saturated heterocycles. The normalized spacial score (nSPS) is 14.4. The van der Waals surface area contributed by atoms with Crippen LogP contribution in [0.2, 0.25) is 0 Å². The largest absolute Gasteiger partial charge is 0.385 e. The van der Waals surface area contributed by atoms with Crippen LogP contribution in [0.4, 0.5) is 11.4 Å². The number of aromatic nitrogens is 1. The first-order chi connectivity index (χ1) is 25.2. The van der Waals surface area contributed by atoms with E-state index in [1.165, 1.54) is 4.90 Å². The number of nitrogens with one attached hydrogen (secondary N) is 3. The van der Waals surface area contributed by atoms with Gasteiger partial charge in [0.1, 0.15) is 12.7 Å². The number of hydrogen-bond acceptors (Lipinski definition) is 7. The van der Waals surface area contributed by atoms with E-state index in [0.717, 1.165) is 46.0 Å². The molecule has 2 aromatic rings. The molecule has 1 aromatic carbocycles. The van der Waals surface area contributed by atoms with Gasteiger partial charge in [-0.2, -0.15) is 0 Å². The van der Waals surface area contributed by atoms with Crippen molar-refractivity contribution < 1.29 is 14.4 Å². The minimum Gasteiger partial charge on any atom is -0.385 e. The van der Waals surface area contributed by atoms with E-state index >= 15 is 0 Å². The number of para-hydroxylation sites is 1. The maximum Gasteiger partial charge on any atom is 0.252 e. The standard InChI is InChI=1S/C36H47N9O3.2C2H6/c1-7-9-14-31-29-13-10-11-15-33(29)45(6)35(48)32(43-31)22-34(47)38-21-18-30(26(3)8-2)37-19-12-20-39-36(41-24-44(5)25-46)42-28-17-16-27(4)40-23-28;2*1-2/h7-8,10-11,13,15-18,20,23,25,32,37H,1,9,12,14,19,21-22,24H2,2-6H3,(H,38,47)(H,41,42);2*1-2H3/b26-8-,30-18+,39-20?;;/t32-;;/m0../s1. The van der Waals surface area contributed by atoms with Crippen molar-refractivity contribution in [3.05, 3.63) is 89.9 Å². The summed E-state index contributed by atoms with van der Waals surface area (Å²) in [4.78, 5) is 58.2. The van der Waals surface area contributed by atoms with Crippen LogP contribution >= 0.6 is 0 Å². The third-order valence-corrected chi connectivity index (χ3v) is 7.52. The minimum atomic E-state index is -0.815. The summed E-state index contributed by atoms with van der Waals surface area (Å²) in [7, 11) is 3.36. The predicted octanol–water partition coefficient (Wildman–Crippen LogP) is 6.46. The van der Waals surface area contributed by atoms with E-state index in [1.807, 2.05) is 103 Å². The Balaban J connectivity index is 0.00000326. The summed E-state index contributed by atoms with van der Waals surface area (Å²) in [6.45, 7) is 18.7. The second-order valence-electron chi connectivity index (χ2n) is 11.3. The van der Waals surface area contributed by atoms with Crippen molar-refractivity contribution in [2.24, 2.45) is 15.0 Å². The molecule has 1 atom stereocenters. The van der Waals surface area contributed by atoms with Crippen molar-refractivity contribution in [1.82, 2.24) is 20.5 Å². The molecule has 52 heavy (non-hydrogen) atoms. The first-order valence-electron chi connectivity index (χ1n) is 18.0. The lowest BCUT2D eigenvalue weighted by Crippen LogP contribution is -2.38. The van der Waals surface area contributed by atoms with Gasteiger partial charge in [0.05, 0.1) is 24.0 Å². The Labute approximate surface area is 311 Å². The summed E-state index contributed by atoms with van der Waals surface area (Å²) in [6, 6.07) is 10.6. The van der Waals surface area contributed by atoms with Gasteiger partial charge in [-0.3, -0.25) is 24.4 Å². The Morgan fingerprint density at radius 3 is 2.48 bits per heavy atom. The van der Waals surface area contributed by atoms with Crippen LogP contribution in [0, 0.1) is 6.92 Å². The van der Waals surface area contributed by atoms with Gasteiger partial charge in [0.2, 0.25) is 18.3 Å². The number of amides is 3. The first kappa shape index (κ1) is 44.6. The molecule has 1 aromatic heterocycles. The van der Waals surface area contributed by atoms with Crippen LogP contribution in [0.1, 0.15) is 78.5 Å². The van der Waals surface area contributed by atoms with Gasteiger partial charge < -0.3 is 25.8 Å². The van der Waals surface area contributed by atoms with Crippen LogP contribution in [-0.2, 0) is 14.4 Å². The van der Waals surface area contributed by atoms with E-state index in [9.17, 15) is 14.4 Å². The number of nitrogens with zero attached hydrogens (tertiary/aromatic N) is 6. The molecular formula is C40H59N9O3. The number of likely N-dealkylation sites (N-methyl/N-ethyl adjacent to an activating group) is 1. The van der Waals surface area contributed by atoms with Crippen molar-refractivity contribution in [1.29, 1.82) is 0 Å². The van der Waals surface area contributed by atoms with E-state index in [2.05, 4.69) is 37.5 Å². The average Bonchev–Trinajstić information content (AvgIpc) is 3.27. The number of benzene rings is 1. The molecule has 0 radical (unpaired) electrons. The molecular weight excluding hydrogens is 654 g/mol. The Kier molecular flexibility index (Phi) is 21.9. The smallest absolute Gasteiger partial charge is 0.252 e. The van der Waals surface area contributed by atoms with Crippen LogP contribution in [0.5, 0.6) is 0 Å². The highest BCUT2D eigenvalue weighted by atomic mass is 16.2. The fourth-order valence-corrected chi connectivity index (χ4v) is 4.70.